The van der Waals surface area contributed by atoms with Gasteiger partial charge in [-0.15, -0.1) is 11.8 Å². The molecule has 2 aromatic rings. The molecule has 1 unspecified atom stereocenters. The highest BCUT2D eigenvalue weighted by Gasteiger charge is 2.62. The molecule has 24 heteroatoms. The van der Waals surface area contributed by atoms with E-state index in [0.29, 0.717) is 12.2 Å². The van der Waals surface area contributed by atoms with Crippen LogP contribution < -0.4 is 14.8 Å². The van der Waals surface area contributed by atoms with Crippen LogP contribution in [-0.2, 0) is 57.1 Å². The number of fused-ring (bicyclic) bond motifs is 1. The number of Topliss-reactive ketones (excluding diaryl/α,β-unsaturated/α-hetero) is 1. The summed E-state index contributed by atoms with van der Waals surface area (Å²) in [5, 5.41) is 25.5. The average molecular weight is 1210 g/mol. The molecule has 0 bridgehead atoms. The van der Waals surface area contributed by atoms with E-state index in [1.54, 1.807) is 93.6 Å². The van der Waals surface area contributed by atoms with Gasteiger partial charge in [0.1, 0.15) is 29.3 Å². The molecule has 5 heterocycles. The number of carbonyl (C=O) groups is 5. The first kappa shape index (κ1) is 67.2. The zero-order valence-corrected chi connectivity index (χ0v) is 52.4. The van der Waals surface area contributed by atoms with E-state index in [-0.39, 0.29) is 76.9 Å². The molecule has 0 saturated carbocycles. The number of halogens is 2. The number of nitrogens with one attached hydrogen (secondary N) is 1. The van der Waals surface area contributed by atoms with E-state index in [9.17, 15) is 24.6 Å². The highest BCUT2D eigenvalue weighted by molar-refractivity contribution is 8.00. The normalized spacial score (nSPS) is 36.6. The van der Waals surface area contributed by atoms with E-state index >= 15 is 9.59 Å². The zero-order chi connectivity index (χ0) is 60.9. The number of cyclic esters (lactones) is 1. The molecule has 1 aromatic carbocycles. The van der Waals surface area contributed by atoms with Crippen molar-refractivity contribution in [2.24, 2.45) is 29.6 Å². The lowest BCUT2D eigenvalue weighted by molar-refractivity contribution is -0.319. The van der Waals surface area contributed by atoms with Gasteiger partial charge in [0.25, 0.3) is 5.91 Å². The predicted molar refractivity (Wildman–Crippen MR) is 307 cm³/mol. The number of thioether (sulfide) groups is 1. The summed E-state index contributed by atoms with van der Waals surface area (Å²) in [5.41, 5.74) is -3.66. The second kappa shape index (κ2) is 28.1. The maximum Gasteiger partial charge on any atom is 0.320 e. The zero-order valence-electron chi connectivity index (χ0n) is 50.1. The fourth-order valence-electron chi connectivity index (χ4n) is 12.3. The van der Waals surface area contributed by atoms with Crippen LogP contribution in [0, 0.1) is 29.6 Å². The van der Waals surface area contributed by atoms with Gasteiger partial charge in [-0.2, -0.15) is 0 Å². The number of benzene rings is 1. The first-order valence-electron chi connectivity index (χ1n) is 28.0. The molecule has 4 aliphatic rings. The molecule has 4 saturated heterocycles. The summed E-state index contributed by atoms with van der Waals surface area (Å²) in [6.45, 7) is 17.7. The lowest BCUT2D eigenvalue weighted by Crippen LogP contribution is -2.62. The van der Waals surface area contributed by atoms with Crippen molar-refractivity contribution in [3.8, 4) is 11.5 Å². The number of ether oxygens (including phenoxy) is 10. The van der Waals surface area contributed by atoms with Crippen LogP contribution in [0.5, 0.6) is 11.5 Å². The molecular formula is C58H86Cl2N4O17S. The number of nitrogens with zero attached hydrogens (tertiary/aromatic N) is 3. The summed E-state index contributed by atoms with van der Waals surface area (Å²) in [6.07, 6.45) is -6.06. The van der Waals surface area contributed by atoms with Gasteiger partial charge < -0.3 is 72.7 Å². The summed E-state index contributed by atoms with van der Waals surface area (Å²) in [6, 6.07) is 3.91. The molecule has 0 aliphatic carbocycles. The molecule has 82 heavy (non-hydrogen) atoms. The van der Waals surface area contributed by atoms with Gasteiger partial charge in [0.15, 0.2) is 29.7 Å². The van der Waals surface area contributed by atoms with Crippen LogP contribution in [0.4, 0.5) is 5.69 Å². The molecule has 4 aliphatic heterocycles. The summed E-state index contributed by atoms with van der Waals surface area (Å²) >= 11 is 13.8. The Morgan fingerprint density at radius 3 is 2.15 bits per heavy atom. The van der Waals surface area contributed by atoms with Gasteiger partial charge in [0.05, 0.1) is 83.6 Å². The summed E-state index contributed by atoms with van der Waals surface area (Å²) in [5.74, 6) is -6.00. The van der Waals surface area contributed by atoms with E-state index in [1.807, 2.05) is 13.8 Å². The maximum atomic E-state index is 15.3. The highest BCUT2D eigenvalue weighted by atomic mass is 35.5. The number of aliphatic hydroxyl groups is 2. The Morgan fingerprint density at radius 2 is 1.54 bits per heavy atom. The first-order valence-corrected chi connectivity index (χ1v) is 29.8. The Balaban J connectivity index is 1.36. The lowest BCUT2D eigenvalue weighted by Gasteiger charge is -2.50. The average Bonchev–Trinajstić information content (AvgIpc) is 2.33. The number of esters is 2. The summed E-state index contributed by atoms with van der Waals surface area (Å²) in [4.78, 5) is 79.0. The minimum atomic E-state index is -1.52. The van der Waals surface area contributed by atoms with Gasteiger partial charge >= 0.3 is 11.9 Å². The van der Waals surface area contributed by atoms with E-state index in [0.717, 1.165) is 0 Å². The van der Waals surface area contributed by atoms with Crippen LogP contribution in [0.2, 0.25) is 10.0 Å². The topological polar surface area (TPSA) is 250 Å². The molecule has 1 aromatic heterocycles. The third-order valence-electron chi connectivity index (χ3n) is 17.1. The van der Waals surface area contributed by atoms with Crippen LogP contribution in [0.25, 0.3) is 0 Å². The number of rotatable bonds is 18. The molecule has 6 rings (SSSR count). The van der Waals surface area contributed by atoms with E-state index in [2.05, 4.69) is 10.3 Å². The fraction of sp³-hybridized carbons (Fsp3) is 0.724. The third-order valence-corrected chi connectivity index (χ3v) is 18.9. The monoisotopic (exact) mass is 1210 g/mol. The minimum absolute atomic E-state index is 0.0184. The van der Waals surface area contributed by atoms with Crippen LogP contribution in [0.3, 0.4) is 0 Å². The molecule has 0 spiro atoms. The Morgan fingerprint density at radius 1 is 0.878 bits per heavy atom. The Kier molecular flexibility index (Phi) is 23.0. The third kappa shape index (κ3) is 14.7. The van der Waals surface area contributed by atoms with Crippen LogP contribution in [-0.4, -0.2) is 199 Å². The second-order valence-corrected chi connectivity index (χ2v) is 25.4. The molecule has 4 fully saturated rings. The number of carbonyl (C=O) groups excluding carboxylic acids is 5. The number of amides is 2. The van der Waals surface area contributed by atoms with Gasteiger partial charge in [0.2, 0.25) is 5.91 Å². The van der Waals surface area contributed by atoms with Gasteiger partial charge in [-0.25, -0.2) is 0 Å². The van der Waals surface area contributed by atoms with E-state index < -0.39 is 131 Å². The van der Waals surface area contributed by atoms with Gasteiger partial charge in [-0.05, 0) is 93.1 Å². The molecule has 19 atom stereocenters. The fourth-order valence-corrected chi connectivity index (χ4v) is 14.1. The number of anilines is 1. The van der Waals surface area contributed by atoms with Crippen molar-refractivity contribution >= 4 is 70.2 Å². The minimum Gasteiger partial charge on any atom is -0.493 e. The van der Waals surface area contributed by atoms with Crippen molar-refractivity contribution in [2.45, 2.75) is 178 Å². The second-order valence-electron chi connectivity index (χ2n) is 23.3. The van der Waals surface area contributed by atoms with Crippen molar-refractivity contribution in [3.05, 3.63) is 46.2 Å². The molecule has 0 radical (unpaired) electrons. The summed E-state index contributed by atoms with van der Waals surface area (Å²) in [7, 11) is 9.63. The van der Waals surface area contributed by atoms with Crippen molar-refractivity contribution in [2.75, 3.05) is 66.7 Å². The Bertz CT molecular complexity index is 2550. The largest absolute Gasteiger partial charge is 0.493 e. The lowest BCUT2D eigenvalue weighted by atomic mass is 9.70. The van der Waals surface area contributed by atoms with Crippen molar-refractivity contribution in [1.29, 1.82) is 0 Å². The molecule has 460 valence electrons. The Hall–Kier alpha value is -3.91. The number of likely N-dealkylation sites (N-methyl/N-ethyl adjacent to an activating group) is 2. The van der Waals surface area contributed by atoms with Gasteiger partial charge in [0, 0.05) is 75.1 Å². The molecule has 3 N–H and O–H groups in total. The number of hydrogen-bond acceptors (Lipinski definition) is 20. The predicted octanol–water partition coefficient (Wildman–Crippen LogP) is 6.86. The number of aliphatic hydroxyl groups excluding tert-OH is 2. The van der Waals surface area contributed by atoms with Crippen molar-refractivity contribution < 1.29 is 81.6 Å². The molecule has 21 nitrogen and oxygen atoms in total. The van der Waals surface area contributed by atoms with Gasteiger partial charge in [-0.1, -0.05) is 50.9 Å². The standard InChI is InChI=1S/C58H86Cl2N4O17S/c1-17-41-58(10)44(49(54(71)81-58)82-21-20-75-40-23-35(18-19-39(40)72-14)52(69)62-45-36(59)26-61-27-37(45)60)31(4)46(66)29(2)24-57(9,74-16)51(80-55-47(67)38(22-30(3)76-55)64(13)42(65)28-63(11)12)32(5)48(33(6)53(70)78-41)79-43-25-56(8,73-15)50(68)34(7)77-43/h18-19,23,26-27,29-34,38,41,43-44,47-51,55,67-68H,17,20-22,24-25,28H2,1-16H3,(H,61,62,69)/t29-,30-,31-,32+,33-,34+,38+,41-,43+,44+,47-,48+,49?,50+,51-,55+,56-,57-,58-/m1/s1. The number of pyridine rings is 1. The van der Waals surface area contributed by atoms with Crippen LogP contribution in [0.1, 0.15) is 105 Å². The van der Waals surface area contributed by atoms with Gasteiger partial charge in [-0.3, -0.25) is 29.0 Å². The number of methoxy groups -OCH3 is 3. The highest BCUT2D eigenvalue weighted by Crippen LogP contribution is 2.50. The van der Waals surface area contributed by atoms with E-state index in [4.69, 9.17) is 70.6 Å². The molecular weight excluding hydrogens is 1130 g/mol. The summed E-state index contributed by atoms with van der Waals surface area (Å²) < 4.78 is 63.7. The van der Waals surface area contributed by atoms with Crippen LogP contribution in [0.15, 0.2) is 30.6 Å². The van der Waals surface area contributed by atoms with Crippen molar-refractivity contribution in [1.82, 2.24) is 14.8 Å². The van der Waals surface area contributed by atoms with Crippen LogP contribution >= 0.6 is 35.0 Å². The first-order chi connectivity index (χ1) is 38.5. The SMILES string of the molecule is CC[C@H]1OC(=O)[C@H](C)[C@@H](O[C@H]2C[C@@](C)(OC)[C@@H](O)[C@H](C)O2)[C@H](C)[C@@H](O[C@@H]2O[C@H](C)C[C@H](N(C)C(=O)CN(C)C)[C@H]2O)[C@](C)(OC)C[C@@H](C)C(=O)[C@H](C)[C@H]2C(SCCOc3cc(C(=O)Nc4c(Cl)cncc4Cl)ccc3OC)C(=O)O[C@@]21C. The smallest absolute Gasteiger partial charge is 0.320 e. The van der Waals surface area contributed by atoms with Crippen molar-refractivity contribution in [3.63, 3.8) is 0 Å². The maximum absolute atomic E-state index is 15.3. The quantitative estimate of drug-likeness (QED) is 0.102. The number of aromatic nitrogens is 1. The van der Waals surface area contributed by atoms with E-state index in [1.165, 1.54) is 56.5 Å². The Labute approximate surface area is 496 Å². The number of ketones is 1. The molecule has 2 amide bonds. The number of hydrogen-bond donors (Lipinski definition) is 3.